The third-order valence-corrected chi connectivity index (χ3v) is 4.01. The first-order valence-corrected chi connectivity index (χ1v) is 8.22. The van der Waals surface area contributed by atoms with Crippen molar-refractivity contribution in [3.8, 4) is 34.1 Å². The molecule has 0 fully saturated rings. The molecule has 0 atom stereocenters. The minimum Gasteiger partial charge on any atom is -0.497 e. The highest BCUT2D eigenvalue weighted by Crippen LogP contribution is 2.33. The molecule has 2 N–H and O–H groups in total. The highest BCUT2D eigenvalue weighted by atomic mass is 16.5. The Labute approximate surface area is 152 Å². The van der Waals surface area contributed by atoms with Gasteiger partial charge in [-0.05, 0) is 29.8 Å². The maximum Gasteiger partial charge on any atom is 0.217 e. The number of rotatable bonds is 6. The van der Waals surface area contributed by atoms with Gasteiger partial charge in [0.05, 0.1) is 26.1 Å². The lowest BCUT2D eigenvalue weighted by Crippen LogP contribution is -2.18. The van der Waals surface area contributed by atoms with E-state index in [9.17, 15) is 4.79 Å². The molecule has 0 bridgehead atoms. The molecule has 0 aliphatic heterocycles. The summed E-state index contributed by atoms with van der Waals surface area (Å²) in [5.41, 5.74) is 3.67. The van der Waals surface area contributed by atoms with Crippen LogP contribution in [-0.4, -0.2) is 30.1 Å². The van der Waals surface area contributed by atoms with E-state index in [2.05, 4.69) is 15.3 Å². The second kappa shape index (κ2) is 7.74. The van der Waals surface area contributed by atoms with Gasteiger partial charge in [-0.25, -0.2) is 4.98 Å². The molecule has 0 aliphatic rings. The van der Waals surface area contributed by atoms with Crippen molar-refractivity contribution in [2.75, 3.05) is 14.2 Å². The average Bonchev–Trinajstić information content (AvgIpc) is 3.16. The number of carbonyl (C=O) groups excluding carboxylic acids is 1. The van der Waals surface area contributed by atoms with Crippen molar-refractivity contribution in [1.82, 2.24) is 15.3 Å². The SMILES string of the molecule is COc1ccc(OC)c(-c2cnc(-c3cccc(CNC(C)=O)c3)[nH]2)c1. The first kappa shape index (κ1) is 17.5. The van der Waals surface area contributed by atoms with Crippen LogP contribution in [0.2, 0.25) is 0 Å². The lowest BCUT2D eigenvalue weighted by Gasteiger charge is -2.09. The van der Waals surface area contributed by atoms with E-state index in [1.165, 1.54) is 6.92 Å². The number of aromatic amines is 1. The van der Waals surface area contributed by atoms with E-state index >= 15 is 0 Å². The third-order valence-electron chi connectivity index (χ3n) is 4.01. The van der Waals surface area contributed by atoms with Crippen molar-refractivity contribution in [1.29, 1.82) is 0 Å². The van der Waals surface area contributed by atoms with Crippen LogP contribution in [0.25, 0.3) is 22.6 Å². The Bertz CT molecular complexity index is 918. The molecule has 0 aliphatic carbocycles. The Hall–Kier alpha value is -3.28. The number of ether oxygens (including phenoxy) is 2. The molecule has 1 amide bonds. The molecule has 3 rings (SSSR count). The fourth-order valence-electron chi connectivity index (χ4n) is 2.68. The Morgan fingerprint density at radius 2 is 2.00 bits per heavy atom. The number of amides is 1. The number of imidazole rings is 1. The highest BCUT2D eigenvalue weighted by molar-refractivity contribution is 5.73. The van der Waals surface area contributed by atoms with Crippen molar-refractivity contribution >= 4 is 5.91 Å². The summed E-state index contributed by atoms with van der Waals surface area (Å²) in [6, 6.07) is 13.5. The zero-order valence-electron chi connectivity index (χ0n) is 15.0. The minimum atomic E-state index is -0.0548. The predicted octanol–water partition coefficient (Wildman–Crippen LogP) is 3.40. The van der Waals surface area contributed by atoms with Crippen LogP contribution in [0.4, 0.5) is 0 Å². The van der Waals surface area contributed by atoms with Crippen molar-refractivity contribution < 1.29 is 14.3 Å². The Morgan fingerprint density at radius 3 is 2.73 bits per heavy atom. The molecule has 1 heterocycles. The van der Waals surface area contributed by atoms with Crippen LogP contribution in [0.3, 0.4) is 0 Å². The van der Waals surface area contributed by atoms with Crippen LogP contribution >= 0.6 is 0 Å². The predicted molar refractivity (Wildman–Crippen MR) is 100 cm³/mol. The van der Waals surface area contributed by atoms with Crippen molar-refractivity contribution in [2.45, 2.75) is 13.5 Å². The molecule has 0 saturated carbocycles. The van der Waals surface area contributed by atoms with E-state index in [4.69, 9.17) is 9.47 Å². The maximum atomic E-state index is 11.1. The van der Waals surface area contributed by atoms with Gasteiger partial charge in [-0.2, -0.15) is 0 Å². The highest BCUT2D eigenvalue weighted by Gasteiger charge is 2.12. The Kier molecular flexibility index (Phi) is 5.22. The maximum absolute atomic E-state index is 11.1. The zero-order valence-corrected chi connectivity index (χ0v) is 15.0. The van der Waals surface area contributed by atoms with Crippen molar-refractivity contribution in [3.63, 3.8) is 0 Å². The number of carbonyl (C=O) groups is 1. The molecule has 134 valence electrons. The lowest BCUT2D eigenvalue weighted by molar-refractivity contribution is -0.119. The van der Waals surface area contributed by atoms with Crippen LogP contribution in [-0.2, 0) is 11.3 Å². The summed E-state index contributed by atoms with van der Waals surface area (Å²) in [6.07, 6.45) is 1.77. The van der Waals surface area contributed by atoms with E-state index in [0.29, 0.717) is 6.54 Å². The molecule has 0 spiro atoms. The zero-order chi connectivity index (χ0) is 18.5. The van der Waals surface area contributed by atoms with Crippen LogP contribution in [0, 0.1) is 0 Å². The number of methoxy groups -OCH3 is 2. The Morgan fingerprint density at radius 1 is 1.15 bits per heavy atom. The van der Waals surface area contributed by atoms with Crippen LogP contribution < -0.4 is 14.8 Å². The molecular weight excluding hydrogens is 330 g/mol. The van der Waals surface area contributed by atoms with E-state index < -0.39 is 0 Å². The van der Waals surface area contributed by atoms with E-state index in [0.717, 1.165) is 39.7 Å². The summed E-state index contributed by atoms with van der Waals surface area (Å²) in [5, 5.41) is 2.80. The molecule has 6 nitrogen and oxygen atoms in total. The topological polar surface area (TPSA) is 76.2 Å². The van der Waals surface area contributed by atoms with Crippen molar-refractivity contribution in [3.05, 3.63) is 54.2 Å². The van der Waals surface area contributed by atoms with Gasteiger partial charge in [-0.1, -0.05) is 18.2 Å². The molecule has 0 unspecified atom stereocenters. The Balaban J connectivity index is 1.91. The molecule has 0 saturated heterocycles. The first-order valence-electron chi connectivity index (χ1n) is 8.22. The number of aromatic nitrogens is 2. The fourth-order valence-corrected chi connectivity index (χ4v) is 2.68. The number of nitrogens with zero attached hydrogens (tertiary/aromatic N) is 1. The fraction of sp³-hybridized carbons (Fsp3) is 0.200. The third kappa shape index (κ3) is 3.85. The summed E-state index contributed by atoms with van der Waals surface area (Å²) in [5.74, 6) is 2.17. The van der Waals surface area contributed by atoms with Gasteiger partial charge in [-0.15, -0.1) is 0 Å². The number of H-pyrrole nitrogens is 1. The second-order valence-electron chi connectivity index (χ2n) is 5.82. The minimum absolute atomic E-state index is 0.0548. The average molecular weight is 351 g/mol. The standard InChI is InChI=1S/C20H21N3O3/c1-13(24)21-11-14-5-4-6-15(9-14)20-22-12-18(23-20)17-10-16(25-2)7-8-19(17)26-3/h4-10,12H,11H2,1-3H3,(H,21,24)(H,22,23). The molecule has 3 aromatic rings. The summed E-state index contributed by atoms with van der Waals surface area (Å²) in [6.45, 7) is 1.99. The summed E-state index contributed by atoms with van der Waals surface area (Å²) in [7, 11) is 3.26. The number of nitrogens with one attached hydrogen (secondary N) is 2. The van der Waals surface area contributed by atoms with Gasteiger partial charge >= 0.3 is 0 Å². The molecule has 26 heavy (non-hydrogen) atoms. The number of hydrogen-bond acceptors (Lipinski definition) is 4. The number of hydrogen-bond donors (Lipinski definition) is 2. The quantitative estimate of drug-likeness (QED) is 0.714. The molecule has 0 radical (unpaired) electrons. The number of benzene rings is 2. The van der Waals surface area contributed by atoms with Gasteiger partial charge in [0, 0.05) is 24.6 Å². The summed E-state index contributed by atoms with van der Waals surface area (Å²) < 4.78 is 10.7. The van der Waals surface area contributed by atoms with Crippen molar-refractivity contribution in [2.24, 2.45) is 0 Å². The van der Waals surface area contributed by atoms with Gasteiger partial charge in [0.25, 0.3) is 0 Å². The monoisotopic (exact) mass is 351 g/mol. The van der Waals surface area contributed by atoms with E-state index in [1.807, 2.05) is 42.5 Å². The first-order chi connectivity index (χ1) is 12.6. The summed E-state index contributed by atoms with van der Waals surface area (Å²) in [4.78, 5) is 18.9. The van der Waals surface area contributed by atoms with Gasteiger partial charge in [0.1, 0.15) is 17.3 Å². The summed E-state index contributed by atoms with van der Waals surface area (Å²) >= 11 is 0. The van der Waals surface area contributed by atoms with Gasteiger partial charge in [0.2, 0.25) is 5.91 Å². The van der Waals surface area contributed by atoms with E-state index in [1.54, 1.807) is 20.4 Å². The van der Waals surface area contributed by atoms with Crippen LogP contribution in [0.5, 0.6) is 11.5 Å². The normalized spacial score (nSPS) is 10.4. The molecule has 1 aromatic heterocycles. The van der Waals surface area contributed by atoms with Gasteiger partial charge in [0.15, 0.2) is 0 Å². The molecular formula is C20H21N3O3. The van der Waals surface area contributed by atoms with Gasteiger partial charge < -0.3 is 19.8 Å². The largest absolute Gasteiger partial charge is 0.497 e. The second-order valence-corrected chi connectivity index (χ2v) is 5.82. The van der Waals surface area contributed by atoms with Gasteiger partial charge in [-0.3, -0.25) is 4.79 Å². The molecule has 6 heteroatoms. The van der Waals surface area contributed by atoms with Crippen LogP contribution in [0.1, 0.15) is 12.5 Å². The van der Waals surface area contributed by atoms with E-state index in [-0.39, 0.29) is 5.91 Å². The smallest absolute Gasteiger partial charge is 0.217 e. The lowest BCUT2D eigenvalue weighted by atomic mass is 10.1. The molecule has 2 aromatic carbocycles. The van der Waals surface area contributed by atoms with Crippen LogP contribution in [0.15, 0.2) is 48.7 Å².